The lowest BCUT2D eigenvalue weighted by Gasteiger charge is -2.32. The Labute approximate surface area is 205 Å². The third-order valence-corrected chi connectivity index (χ3v) is 6.83. The molecule has 0 spiro atoms. The monoisotopic (exact) mass is 503 g/mol. The highest BCUT2D eigenvalue weighted by Crippen LogP contribution is 2.30. The number of aromatic nitrogens is 3. The smallest absolute Gasteiger partial charge is 0.279 e. The molecule has 10 nitrogen and oxygen atoms in total. The van der Waals surface area contributed by atoms with Gasteiger partial charge in [-0.05, 0) is 56.8 Å². The van der Waals surface area contributed by atoms with Crippen LogP contribution in [0.2, 0.25) is 0 Å². The minimum absolute atomic E-state index is 0. The quantitative estimate of drug-likeness (QED) is 0.416. The summed E-state index contributed by atoms with van der Waals surface area (Å²) in [6, 6.07) is 11.0. The topological polar surface area (TPSA) is 147 Å². The highest BCUT2D eigenvalue weighted by molar-refractivity contribution is 7.92. The lowest BCUT2D eigenvalue weighted by Crippen LogP contribution is -2.45. The number of halogens is 1. The van der Waals surface area contributed by atoms with Crippen molar-refractivity contribution >= 4 is 27.2 Å². The molecular weight excluding hydrogens is 473 g/mol. The van der Waals surface area contributed by atoms with Gasteiger partial charge in [0.15, 0.2) is 10.9 Å². The molecule has 1 saturated heterocycles. The van der Waals surface area contributed by atoms with Crippen molar-refractivity contribution in [1.29, 1.82) is 5.41 Å². The number of anilines is 2. The Morgan fingerprint density at radius 1 is 1.26 bits per heavy atom. The molecule has 188 valence electrons. The Morgan fingerprint density at radius 3 is 2.63 bits per heavy atom. The summed E-state index contributed by atoms with van der Waals surface area (Å²) >= 11 is 0. The highest BCUT2D eigenvalue weighted by Gasteiger charge is 2.31. The van der Waals surface area contributed by atoms with Gasteiger partial charge in [-0.3, -0.25) is 4.72 Å². The van der Waals surface area contributed by atoms with Crippen molar-refractivity contribution in [2.45, 2.75) is 30.6 Å². The maximum absolute atomic E-state index is 14.6. The first-order chi connectivity index (χ1) is 16.6. The molecule has 0 radical (unpaired) electrons. The van der Waals surface area contributed by atoms with Crippen molar-refractivity contribution in [2.75, 3.05) is 30.6 Å². The van der Waals surface area contributed by atoms with Crippen molar-refractivity contribution in [2.24, 2.45) is 0 Å². The van der Waals surface area contributed by atoms with E-state index in [4.69, 9.17) is 15.9 Å². The van der Waals surface area contributed by atoms with Crippen LogP contribution in [0.3, 0.4) is 0 Å². The van der Waals surface area contributed by atoms with Gasteiger partial charge >= 0.3 is 0 Å². The summed E-state index contributed by atoms with van der Waals surface area (Å²) < 4.78 is 48.0. The average Bonchev–Trinajstić information content (AvgIpc) is 2.81. The minimum Gasteiger partial charge on any atom is -0.471 e. The summed E-state index contributed by atoms with van der Waals surface area (Å²) in [7, 11) is -2.00. The molecule has 3 heterocycles. The van der Waals surface area contributed by atoms with Gasteiger partial charge in [0.2, 0.25) is 5.88 Å². The van der Waals surface area contributed by atoms with Gasteiger partial charge in [-0.25, -0.2) is 14.4 Å². The molecule has 0 aliphatic carbocycles. The molecule has 4 rings (SSSR count). The van der Waals surface area contributed by atoms with Crippen molar-refractivity contribution < 1.29 is 20.4 Å². The maximum Gasteiger partial charge on any atom is 0.279 e. The van der Waals surface area contributed by atoms with Crippen molar-refractivity contribution in [3.05, 3.63) is 54.2 Å². The molecule has 1 fully saturated rings. The van der Waals surface area contributed by atoms with Crippen molar-refractivity contribution in [3.8, 4) is 17.3 Å². The molecule has 12 heteroatoms. The van der Waals surface area contributed by atoms with E-state index in [-0.39, 0.29) is 43.2 Å². The molecule has 1 aromatic carbocycles. The first-order valence-electron chi connectivity index (χ1n) is 10.9. The predicted molar refractivity (Wildman–Crippen MR) is 135 cm³/mol. The summed E-state index contributed by atoms with van der Waals surface area (Å²) in [5.41, 5.74) is 7.31. The van der Waals surface area contributed by atoms with E-state index in [1.165, 1.54) is 19.2 Å². The van der Waals surface area contributed by atoms with Crippen molar-refractivity contribution in [3.63, 3.8) is 0 Å². The maximum atomic E-state index is 14.6. The predicted octanol–water partition coefficient (Wildman–Crippen LogP) is 3.22. The molecule has 1 aliphatic heterocycles. The lowest BCUT2D eigenvalue weighted by atomic mass is 10.1. The number of nitrogens with two attached hydrogens (primary N) is 1. The Kier molecular flexibility index (Phi) is 6.94. The Morgan fingerprint density at radius 2 is 2.00 bits per heavy atom. The van der Waals surface area contributed by atoms with Gasteiger partial charge < -0.3 is 20.8 Å². The first kappa shape index (κ1) is 24.5. The van der Waals surface area contributed by atoms with E-state index in [9.17, 15) is 12.8 Å². The highest BCUT2D eigenvalue weighted by atomic mass is 32.2. The molecule has 0 saturated carbocycles. The van der Waals surface area contributed by atoms with Crippen LogP contribution in [0.15, 0.2) is 53.7 Å². The van der Waals surface area contributed by atoms with Crippen LogP contribution in [0.5, 0.6) is 5.88 Å². The summed E-state index contributed by atoms with van der Waals surface area (Å²) in [4.78, 5) is 14.5. The summed E-state index contributed by atoms with van der Waals surface area (Å²) in [5, 5.41) is 7.96. The van der Waals surface area contributed by atoms with Crippen LogP contribution < -0.4 is 15.2 Å². The Bertz CT molecular complexity index is 1330. The van der Waals surface area contributed by atoms with Gasteiger partial charge in [0.25, 0.3) is 10.0 Å². The first-order valence-corrected chi connectivity index (χ1v) is 12.4. The number of hydrogen-bond donors (Lipinski definition) is 3. The fourth-order valence-corrected chi connectivity index (χ4v) is 4.74. The van der Waals surface area contributed by atoms with Crippen LogP contribution in [0.4, 0.5) is 15.9 Å². The number of alkyl halides is 1. The fourth-order valence-electron chi connectivity index (χ4n) is 3.74. The van der Waals surface area contributed by atoms with E-state index < -0.39 is 22.3 Å². The fraction of sp³-hybridized carbons (Fsp3) is 0.304. The van der Waals surface area contributed by atoms with E-state index in [0.29, 0.717) is 24.2 Å². The number of ether oxygens (including phenoxy) is 1. The molecule has 2 atom stereocenters. The second-order valence-electron chi connectivity index (χ2n) is 8.31. The zero-order valence-electron chi connectivity index (χ0n) is 19.3. The normalized spacial score (nSPS) is 18.7. The lowest BCUT2D eigenvalue weighted by molar-refractivity contribution is 0.0286. The molecular formula is C23H30FN7O3S. The van der Waals surface area contributed by atoms with E-state index >= 15 is 0 Å². The Balaban J connectivity index is 0.00000241. The number of nitrogens with one attached hydrogen (secondary N) is 2. The minimum atomic E-state index is -3.84. The van der Waals surface area contributed by atoms with Gasteiger partial charge in [0, 0.05) is 39.1 Å². The van der Waals surface area contributed by atoms with Crippen LogP contribution in [0.25, 0.3) is 11.4 Å². The number of sulfonamides is 1. The van der Waals surface area contributed by atoms with Gasteiger partial charge in [-0.1, -0.05) is 6.07 Å². The van der Waals surface area contributed by atoms with Crippen molar-refractivity contribution in [1.82, 2.24) is 19.9 Å². The summed E-state index contributed by atoms with van der Waals surface area (Å²) in [6.45, 7) is 2.45. The molecule has 4 N–H and O–H groups in total. The number of hydrogen-bond acceptors (Lipinski definition) is 9. The number of nitrogen functional groups attached to an aromatic ring is 1. The standard InChI is InChI=1S/C23H26FN7O3S.2H2/c1-14(25)20-21(26)28-22(29-23(20)34-18-10-12-31(2)13-17(18)24)15-6-8-16(9-7-15)30-35(32,33)19-5-3-4-11-27-19;;/h3-9,11,17-18,25,30H,10,12-13H2,1-2H3,(H2,26,28,29);2*1H/t17-,18+;;/m0../s1. The largest absolute Gasteiger partial charge is 0.471 e. The van der Waals surface area contributed by atoms with Gasteiger partial charge in [0.05, 0.1) is 5.56 Å². The van der Waals surface area contributed by atoms with E-state index in [1.54, 1.807) is 36.4 Å². The summed E-state index contributed by atoms with van der Waals surface area (Å²) in [5.74, 6) is 0.308. The summed E-state index contributed by atoms with van der Waals surface area (Å²) in [6.07, 6.45) is -0.0537. The molecule has 0 amide bonds. The number of piperidine rings is 1. The number of rotatable bonds is 7. The van der Waals surface area contributed by atoms with E-state index in [0.717, 1.165) is 0 Å². The van der Waals surface area contributed by atoms with Gasteiger partial charge in [0.1, 0.15) is 18.1 Å². The second-order valence-corrected chi connectivity index (χ2v) is 9.94. The zero-order valence-corrected chi connectivity index (χ0v) is 20.1. The van der Waals surface area contributed by atoms with E-state index in [2.05, 4.69) is 19.7 Å². The molecule has 0 bridgehead atoms. The number of nitrogens with zero attached hydrogens (tertiary/aromatic N) is 4. The van der Waals surface area contributed by atoms with Crippen LogP contribution in [-0.4, -0.2) is 66.4 Å². The third kappa shape index (κ3) is 5.54. The van der Waals surface area contributed by atoms with E-state index in [1.807, 2.05) is 11.9 Å². The molecule has 1 aliphatic rings. The molecule has 35 heavy (non-hydrogen) atoms. The van der Waals surface area contributed by atoms with Crippen LogP contribution >= 0.6 is 0 Å². The molecule has 3 aromatic rings. The SMILES string of the molecule is CC(=N)c1c(N)nc(-c2ccc(NS(=O)(=O)c3ccccn3)cc2)nc1O[C@@H]1CCN(C)C[C@@H]1F.[HH].[HH]. The zero-order chi connectivity index (χ0) is 25.2. The molecule has 2 aromatic heterocycles. The Hall–Kier alpha value is -3.64. The van der Waals surface area contributed by atoms with Gasteiger partial charge in [-0.15, -0.1) is 0 Å². The van der Waals surface area contributed by atoms with Crippen LogP contribution in [-0.2, 0) is 10.0 Å². The molecule has 0 unspecified atom stereocenters. The second kappa shape index (κ2) is 9.92. The number of likely N-dealkylation sites (tertiary alicyclic amines) is 1. The average molecular weight is 504 g/mol. The number of pyridine rings is 1. The number of benzene rings is 1. The third-order valence-electron chi connectivity index (χ3n) is 5.54. The van der Waals surface area contributed by atoms with Crippen LogP contribution in [0.1, 0.15) is 21.8 Å². The van der Waals surface area contributed by atoms with Gasteiger partial charge in [-0.2, -0.15) is 13.4 Å². The van der Waals surface area contributed by atoms with Crippen LogP contribution in [0, 0.1) is 5.41 Å².